The molecule has 1 aromatic heterocycles. The number of hydrogen-bond donors (Lipinski definition) is 2. The first-order valence-electron chi connectivity index (χ1n) is 10.3. The number of urea groups is 1. The van der Waals surface area contributed by atoms with E-state index in [1.807, 2.05) is 65.0 Å². The number of carbonyl (C=O) groups excluding carboxylic acids is 2. The predicted molar refractivity (Wildman–Crippen MR) is 121 cm³/mol. The average Bonchev–Trinajstić information content (AvgIpc) is 3.02. The first-order valence-corrected chi connectivity index (χ1v) is 10.3. The molecule has 1 heterocycles. The molecular weight excluding hydrogens is 378 g/mol. The summed E-state index contributed by atoms with van der Waals surface area (Å²) in [6.07, 6.45) is 0. The van der Waals surface area contributed by atoms with Crippen molar-refractivity contribution in [3.8, 4) is 5.69 Å². The van der Waals surface area contributed by atoms with Crippen molar-refractivity contribution in [3.05, 3.63) is 41.6 Å². The minimum Gasteiger partial charge on any atom is -0.333 e. The molecule has 0 aliphatic heterocycles. The van der Waals surface area contributed by atoms with Gasteiger partial charge in [-0.3, -0.25) is 4.79 Å². The highest BCUT2D eigenvalue weighted by molar-refractivity contribution is 5.94. The fourth-order valence-electron chi connectivity index (χ4n) is 2.80. The van der Waals surface area contributed by atoms with E-state index in [2.05, 4.69) is 31.4 Å². The van der Waals surface area contributed by atoms with Crippen LogP contribution in [0.1, 0.15) is 59.7 Å². The Morgan fingerprint density at radius 3 is 2.17 bits per heavy atom. The van der Waals surface area contributed by atoms with Crippen LogP contribution in [-0.4, -0.2) is 45.2 Å². The van der Waals surface area contributed by atoms with Gasteiger partial charge in [0.2, 0.25) is 5.91 Å². The SMILES string of the molecule is CCN(CC(=O)Nc1cc(C(C)(C)C)nn1-c1ccc(C)cc1)C(=O)NC(C)(C)C. The number of aryl methyl sites for hydroxylation is 1. The fourth-order valence-corrected chi connectivity index (χ4v) is 2.80. The third kappa shape index (κ3) is 6.34. The van der Waals surface area contributed by atoms with Gasteiger partial charge in [-0.25, -0.2) is 9.48 Å². The maximum Gasteiger partial charge on any atom is 0.318 e. The number of aromatic nitrogens is 2. The molecule has 164 valence electrons. The van der Waals surface area contributed by atoms with E-state index in [4.69, 9.17) is 5.10 Å². The van der Waals surface area contributed by atoms with E-state index < -0.39 is 0 Å². The lowest BCUT2D eigenvalue weighted by Crippen LogP contribution is -2.50. The molecule has 0 fully saturated rings. The number of anilines is 1. The molecule has 0 aliphatic rings. The number of benzene rings is 1. The van der Waals surface area contributed by atoms with E-state index in [1.165, 1.54) is 4.90 Å². The lowest BCUT2D eigenvalue weighted by Gasteiger charge is -2.27. The topological polar surface area (TPSA) is 79.3 Å². The number of rotatable bonds is 5. The Kier molecular flexibility index (Phi) is 6.95. The second kappa shape index (κ2) is 8.90. The first-order chi connectivity index (χ1) is 13.8. The van der Waals surface area contributed by atoms with Gasteiger partial charge in [-0.05, 0) is 46.8 Å². The molecule has 2 N–H and O–H groups in total. The number of carbonyl (C=O) groups is 2. The summed E-state index contributed by atoms with van der Waals surface area (Å²) in [5, 5.41) is 10.6. The highest BCUT2D eigenvalue weighted by Crippen LogP contribution is 2.26. The molecule has 2 aromatic rings. The molecule has 7 nitrogen and oxygen atoms in total. The molecule has 3 amide bonds. The van der Waals surface area contributed by atoms with Gasteiger partial charge in [0.1, 0.15) is 12.4 Å². The van der Waals surface area contributed by atoms with Gasteiger partial charge in [-0.1, -0.05) is 38.5 Å². The van der Waals surface area contributed by atoms with Gasteiger partial charge in [0.05, 0.1) is 11.4 Å². The fraction of sp³-hybridized carbons (Fsp3) is 0.522. The highest BCUT2D eigenvalue weighted by Gasteiger charge is 2.24. The molecule has 0 saturated carbocycles. The molecule has 0 unspecified atom stereocenters. The summed E-state index contributed by atoms with van der Waals surface area (Å²) in [6.45, 7) is 16.2. The maximum atomic E-state index is 12.8. The molecule has 7 heteroatoms. The lowest BCUT2D eigenvalue weighted by atomic mass is 9.92. The zero-order valence-corrected chi connectivity index (χ0v) is 19.5. The molecular formula is C23H35N5O2. The van der Waals surface area contributed by atoms with Crippen molar-refractivity contribution >= 4 is 17.8 Å². The van der Waals surface area contributed by atoms with Gasteiger partial charge >= 0.3 is 6.03 Å². The van der Waals surface area contributed by atoms with Crippen molar-refractivity contribution in [2.75, 3.05) is 18.4 Å². The number of nitrogens with zero attached hydrogens (tertiary/aromatic N) is 3. The summed E-state index contributed by atoms with van der Waals surface area (Å²) in [5.41, 5.74) is 2.35. The second-order valence-electron chi connectivity index (χ2n) is 9.65. The average molecular weight is 414 g/mol. The summed E-state index contributed by atoms with van der Waals surface area (Å²) in [4.78, 5) is 26.7. The third-order valence-corrected chi connectivity index (χ3v) is 4.51. The van der Waals surface area contributed by atoms with Crippen LogP contribution in [0.25, 0.3) is 5.69 Å². The molecule has 0 radical (unpaired) electrons. The Bertz CT molecular complexity index is 886. The van der Waals surface area contributed by atoms with E-state index in [0.29, 0.717) is 12.4 Å². The molecule has 0 atom stereocenters. The van der Waals surface area contributed by atoms with Gasteiger partial charge in [0.25, 0.3) is 0 Å². The van der Waals surface area contributed by atoms with Crippen molar-refractivity contribution in [3.63, 3.8) is 0 Å². The predicted octanol–water partition coefficient (Wildman–Crippen LogP) is 4.25. The van der Waals surface area contributed by atoms with Crippen molar-refractivity contribution in [2.24, 2.45) is 0 Å². The quantitative estimate of drug-likeness (QED) is 0.769. The van der Waals surface area contributed by atoms with Crippen molar-refractivity contribution in [1.29, 1.82) is 0 Å². The van der Waals surface area contributed by atoms with Crippen LogP contribution < -0.4 is 10.6 Å². The number of nitrogens with one attached hydrogen (secondary N) is 2. The largest absolute Gasteiger partial charge is 0.333 e. The van der Waals surface area contributed by atoms with Crippen LogP contribution >= 0.6 is 0 Å². The Morgan fingerprint density at radius 2 is 1.67 bits per heavy atom. The van der Waals surface area contributed by atoms with Gasteiger partial charge < -0.3 is 15.5 Å². The zero-order chi connectivity index (χ0) is 22.7. The summed E-state index contributed by atoms with van der Waals surface area (Å²) in [5.74, 6) is 0.315. The molecule has 0 saturated heterocycles. The lowest BCUT2D eigenvalue weighted by molar-refractivity contribution is -0.116. The van der Waals surface area contributed by atoms with Crippen LogP contribution in [0.15, 0.2) is 30.3 Å². The minimum atomic E-state index is -0.368. The van der Waals surface area contributed by atoms with E-state index in [0.717, 1.165) is 16.9 Å². The maximum absolute atomic E-state index is 12.8. The first kappa shape index (κ1) is 23.4. The van der Waals surface area contributed by atoms with Gasteiger partial charge in [0.15, 0.2) is 0 Å². The summed E-state index contributed by atoms with van der Waals surface area (Å²) in [7, 11) is 0. The van der Waals surface area contributed by atoms with Crippen LogP contribution in [-0.2, 0) is 10.2 Å². The van der Waals surface area contributed by atoms with Gasteiger partial charge in [0, 0.05) is 23.6 Å². The summed E-state index contributed by atoms with van der Waals surface area (Å²) < 4.78 is 1.74. The zero-order valence-electron chi connectivity index (χ0n) is 19.5. The monoisotopic (exact) mass is 413 g/mol. The van der Waals surface area contributed by atoms with Crippen LogP contribution in [0.5, 0.6) is 0 Å². The van der Waals surface area contributed by atoms with E-state index in [-0.39, 0.29) is 29.4 Å². The summed E-state index contributed by atoms with van der Waals surface area (Å²) in [6, 6.07) is 9.59. The van der Waals surface area contributed by atoms with Gasteiger partial charge in [-0.15, -0.1) is 0 Å². The van der Waals surface area contributed by atoms with Crippen LogP contribution in [0.2, 0.25) is 0 Å². The second-order valence-corrected chi connectivity index (χ2v) is 9.65. The molecule has 30 heavy (non-hydrogen) atoms. The van der Waals surface area contributed by atoms with Gasteiger partial charge in [-0.2, -0.15) is 5.10 Å². The molecule has 0 bridgehead atoms. The highest BCUT2D eigenvalue weighted by atomic mass is 16.2. The van der Waals surface area contributed by atoms with Crippen LogP contribution in [0, 0.1) is 6.92 Å². The number of likely N-dealkylation sites (N-methyl/N-ethyl adjacent to an activating group) is 1. The summed E-state index contributed by atoms with van der Waals surface area (Å²) >= 11 is 0. The van der Waals surface area contributed by atoms with E-state index in [1.54, 1.807) is 4.68 Å². The minimum absolute atomic E-state index is 0.0393. The number of hydrogen-bond acceptors (Lipinski definition) is 3. The van der Waals surface area contributed by atoms with E-state index in [9.17, 15) is 9.59 Å². The molecule has 0 aliphatic carbocycles. The standard InChI is InChI=1S/C23H35N5O2/c1-9-27(21(30)25-23(6,7)8)15-20(29)24-19-14-18(22(3,4)5)26-28(19)17-12-10-16(2)11-13-17/h10-14H,9,15H2,1-8H3,(H,24,29)(H,25,30). The Labute approximate surface area is 179 Å². The van der Waals surface area contributed by atoms with Crippen LogP contribution in [0.4, 0.5) is 10.6 Å². The third-order valence-electron chi connectivity index (χ3n) is 4.51. The Morgan fingerprint density at radius 1 is 1.07 bits per heavy atom. The molecule has 0 spiro atoms. The van der Waals surface area contributed by atoms with Crippen LogP contribution in [0.3, 0.4) is 0 Å². The smallest absolute Gasteiger partial charge is 0.318 e. The van der Waals surface area contributed by atoms with E-state index >= 15 is 0 Å². The normalized spacial score (nSPS) is 11.9. The van der Waals surface area contributed by atoms with Crippen molar-refractivity contribution in [2.45, 2.75) is 66.3 Å². The Balaban J connectivity index is 2.25. The van der Waals surface area contributed by atoms with Crippen molar-refractivity contribution in [1.82, 2.24) is 20.0 Å². The molecule has 1 aromatic carbocycles. The molecule has 2 rings (SSSR count). The number of amides is 3. The van der Waals surface area contributed by atoms with Crippen molar-refractivity contribution < 1.29 is 9.59 Å². The Hall–Kier alpha value is -2.83.